The minimum atomic E-state index is 0.109. The van der Waals surface area contributed by atoms with Crippen LogP contribution in [0.5, 0.6) is 0 Å². The largest absolute Gasteiger partial charge is 0.375 e. The van der Waals surface area contributed by atoms with Crippen LogP contribution in [0.25, 0.3) is 0 Å². The number of nitrogens with two attached hydrogens (primary N) is 2. The first-order valence-corrected chi connectivity index (χ1v) is 3.60. The van der Waals surface area contributed by atoms with Crippen LogP contribution < -0.4 is 11.6 Å². The molecule has 6 heteroatoms. The molecule has 0 aliphatic heterocycles. The summed E-state index contributed by atoms with van der Waals surface area (Å²) in [6.45, 7) is 0. The van der Waals surface area contributed by atoms with Crippen molar-refractivity contribution in [3.05, 3.63) is 11.1 Å². The third-order valence-electron chi connectivity index (χ3n) is 1.04. The fourth-order valence-electron chi connectivity index (χ4n) is 0.562. The summed E-state index contributed by atoms with van der Waals surface area (Å²) in [6, 6.07) is 0. The third-order valence-corrected chi connectivity index (χ3v) is 1.71. The molecular formula is C5H6N4OS. The van der Waals surface area contributed by atoms with Crippen molar-refractivity contribution in [1.82, 2.24) is 4.98 Å². The molecule has 0 fully saturated rings. The summed E-state index contributed by atoms with van der Waals surface area (Å²) >= 11 is 1.23. The van der Waals surface area contributed by atoms with E-state index in [2.05, 4.69) is 10.1 Å². The molecule has 0 saturated heterocycles. The van der Waals surface area contributed by atoms with Gasteiger partial charge in [-0.25, -0.2) is 4.98 Å². The molecule has 0 aromatic carbocycles. The van der Waals surface area contributed by atoms with Crippen molar-refractivity contribution >= 4 is 28.5 Å². The number of nitrogens with zero attached hydrogens (tertiary/aromatic N) is 2. The molecule has 1 rings (SSSR count). The summed E-state index contributed by atoms with van der Waals surface area (Å²) in [4.78, 5) is 14.1. The summed E-state index contributed by atoms with van der Waals surface area (Å²) in [5.41, 5.74) is 5.85. The number of anilines is 1. The van der Waals surface area contributed by atoms with Gasteiger partial charge in [-0.2, -0.15) is 5.10 Å². The highest BCUT2D eigenvalue weighted by Crippen LogP contribution is 2.10. The highest BCUT2D eigenvalue weighted by atomic mass is 32.1. The number of hydrogen-bond donors (Lipinski definition) is 2. The quantitative estimate of drug-likeness (QED) is 0.273. The molecule has 58 valence electrons. The van der Waals surface area contributed by atoms with Crippen molar-refractivity contribution < 1.29 is 4.79 Å². The molecule has 1 aromatic heterocycles. The van der Waals surface area contributed by atoms with Gasteiger partial charge in [0, 0.05) is 5.38 Å². The number of aromatic nitrogens is 1. The van der Waals surface area contributed by atoms with Crippen LogP contribution in [0.2, 0.25) is 0 Å². The maximum Gasteiger partial charge on any atom is 0.180 e. The second-order valence-corrected chi connectivity index (χ2v) is 2.59. The van der Waals surface area contributed by atoms with Crippen LogP contribution in [-0.2, 0) is 4.79 Å². The first-order valence-electron chi connectivity index (χ1n) is 2.72. The van der Waals surface area contributed by atoms with Crippen molar-refractivity contribution in [2.45, 2.75) is 0 Å². The van der Waals surface area contributed by atoms with Crippen molar-refractivity contribution in [3.8, 4) is 0 Å². The minimum Gasteiger partial charge on any atom is -0.375 e. The van der Waals surface area contributed by atoms with E-state index >= 15 is 0 Å². The van der Waals surface area contributed by atoms with Crippen molar-refractivity contribution in [1.29, 1.82) is 0 Å². The lowest BCUT2D eigenvalue weighted by molar-refractivity contribution is -0.102. The summed E-state index contributed by atoms with van der Waals surface area (Å²) in [5.74, 6) is 4.91. The van der Waals surface area contributed by atoms with Gasteiger partial charge in [-0.1, -0.05) is 0 Å². The Bertz CT molecular complexity index is 292. The van der Waals surface area contributed by atoms with E-state index in [9.17, 15) is 4.79 Å². The van der Waals surface area contributed by atoms with Gasteiger partial charge in [0.1, 0.15) is 11.4 Å². The normalized spacial score (nSPS) is 11.5. The molecule has 1 aromatic rings. The smallest absolute Gasteiger partial charge is 0.180 e. The second kappa shape index (κ2) is 3.11. The molecule has 0 spiro atoms. The number of rotatable bonds is 2. The van der Waals surface area contributed by atoms with Gasteiger partial charge in [-0.15, -0.1) is 11.3 Å². The van der Waals surface area contributed by atoms with E-state index in [4.69, 9.17) is 11.6 Å². The number of carbonyl (C=O) groups is 1. The zero-order chi connectivity index (χ0) is 8.27. The Morgan fingerprint density at radius 2 is 2.55 bits per heavy atom. The number of hydrazone groups is 1. The van der Waals surface area contributed by atoms with Crippen LogP contribution in [0.1, 0.15) is 5.69 Å². The molecule has 0 saturated carbocycles. The lowest BCUT2D eigenvalue weighted by Crippen LogP contribution is -2.05. The number of nitrogen functional groups attached to an aromatic ring is 1. The topological polar surface area (TPSA) is 94.4 Å². The zero-order valence-electron chi connectivity index (χ0n) is 5.52. The molecule has 0 atom stereocenters. The zero-order valence-corrected chi connectivity index (χ0v) is 6.34. The number of aldehydes is 1. The van der Waals surface area contributed by atoms with Gasteiger partial charge < -0.3 is 11.6 Å². The highest BCUT2D eigenvalue weighted by Gasteiger charge is 2.04. The molecule has 0 amide bonds. The minimum absolute atomic E-state index is 0.109. The van der Waals surface area contributed by atoms with Gasteiger partial charge >= 0.3 is 0 Å². The SMILES string of the molecule is NN=C(C=O)c1csc(N)n1. The summed E-state index contributed by atoms with van der Waals surface area (Å²) in [5, 5.41) is 5.24. The van der Waals surface area contributed by atoms with Crippen LogP contribution in [0.3, 0.4) is 0 Å². The van der Waals surface area contributed by atoms with E-state index < -0.39 is 0 Å². The average molecular weight is 170 g/mol. The Kier molecular flexibility index (Phi) is 2.17. The maximum absolute atomic E-state index is 10.3. The Hall–Kier alpha value is -1.43. The van der Waals surface area contributed by atoms with Gasteiger partial charge in [0.05, 0.1) is 0 Å². The van der Waals surface area contributed by atoms with E-state index in [0.717, 1.165) is 0 Å². The maximum atomic E-state index is 10.3. The Morgan fingerprint density at radius 3 is 2.91 bits per heavy atom. The lowest BCUT2D eigenvalue weighted by atomic mass is 10.3. The predicted octanol–water partition coefficient (Wildman–Crippen LogP) is -0.413. The van der Waals surface area contributed by atoms with Gasteiger partial charge in [0.25, 0.3) is 0 Å². The standard InChI is InChI=1S/C5H6N4OS/c6-5-8-4(2-11-5)3(1-10)9-7/h1-2H,7H2,(H2,6,8). The molecule has 0 aliphatic carbocycles. The van der Waals surface area contributed by atoms with Crippen molar-refractivity contribution in [3.63, 3.8) is 0 Å². The van der Waals surface area contributed by atoms with E-state index in [1.165, 1.54) is 11.3 Å². The number of carbonyl (C=O) groups excluding carboxylic acids is 1. The van der Waals surface area contributed by atoms with Gasteiger partial charge in [-0.05, 0) is 0 Å². The lowest BCUT2D eigenvalue weighted by Gasteiger charge is -1.87. The molecule has 0 bridgehead atoms. The number of hydrogen-bond acceptors (Lipinski definition) is 6. The molecule has 0 unspecified atom stereocenters. The first kappa shape index (κ1) is 7.67. The van der Waals surface area contributed by atoms with Crippen LogP contribution in [0, 0.1) is 0 Å². The fourth-order valence-corrected chi connectivity index (χ4v) is 1.12. The number of thiazole rings is 1. The van der Waals surface area contributed by atoms with Crippen LogP contribution >= 0.6 is 11.3 Å². The van der Waals surface area contributed by atoms with Crippen molar-refractivity contribution in [2.24, 2.45) is 10.9 Å². The van der Waals surface area contributed by atoms with E-state index in [0.29, 0.717) is 17.1 Å². The van der Waals surface area contributed by atoms with Crippen LogP contribution in [0.15, 0.2) is 10.5 Å². The Balaban J connectivity index is 3.00. The molecule has 0 radical (unpaired) electrons. The molecule has 5 nitrogen and oxygen atoms in total. The summed E-state index contributed by atoms with van der Waals surface area (Å²) in [7, 11) is 0. The second-order valence-electron chi connectivity index (χ2n) is 1.70. The predicted molar refractivity (Wildman–Crippen MR) is 43.3 cm³/mol. The monoisotopic (exact) mass is 170 g/mol. The van der Waals surface area contributed by atoms with Crippen LogP contribution in [0.4, 0.5) is 5.13 Å². The molecule has 1 heterocycles. The summed E-state index contributed by atoms with van der Waals surface area (Å²) < 4.78 is 0. The van der Waals surface area contributed by atoms with E-state index in [-0.39, 0.29) is 5.71 Å². The van der Waals surface area contributed by atoms with Gasteiger partial charge in [-0.3, -0.25) is 4.79 Å². The van der Waals surface area contributed by atoms with Gasteiger partial charge in [0.15, 0.2) is 11.4 Å². The summed E-state index contributed by atoms with van der Waals surface area (Å²) in [6.07, 6.45) is 0.536. The first-order chi connectivity index (χ1) is 5.27. The Morgan fingerprint density at radius 1 is 1.82 bits per heavy atom. The van der Waals surface area contributed by atoms with Gasteiger partial charge in [0.2, 0.25) is 0 Å². The Labute approximate surface area is 66.7 Å². The average Bonchev–Trinajstić information content (AvgIpc) is 2.39. The highest BCUT2D eigenvalue weighted by molar-refractivity contribution is 7.13. The van der Waals surface area contributed by atoms with Crippen molar-refractivity contribution in [2.75, 3.05) is 5.73 Å². The van der Waals surface area contributed by atoms with Crippen LogP contribution in [-0.4, -0.2) is 17.0 Å². The molecule has 0 aliphatic rings. The third kappa shape index (κ3) is 1.53. The van der Waals surface area contributed by atoms with E-state index in [1.54, 1.807) is 5.38 Å². The van der Waals surface area contributed by atoms with E-state index in [1.807, 2.05) is 0 Å². The molecule has 11 heavy (non-hydrogen) atoms. The fraction of sp³-hybridized carbons (Fsp3) is 0. The molecule has 4 N–H and O–H groups in total. The molecular weight excluding hydrogens is 164 g/mol.